The number of carbonyl (C=O) groups excluding carboxylic acids is 2. The minimum absolute atomic E-state index is 0.0933. The number of carbonyl (C=O) groups is 2. The van der Waals surface area contributed by atoms with Crippen molar-refractivity contribution in [1.29, 1.82) is 0 Å². The van der Waals surface area contributed by atoms with Crippen LogP contribution in [-0.4, -0.2) is 31.8 Å². The second-order valence-corrected chi connectivity index (χ2v) is 8.63. The first kappa shape index (κ1) is 28.9. The van der Waals surface area contributed by atoms with E-state index in [9.17, 15) is 9.59 Å². The highest BCUT2D eigenvalue weighted by molar-refractivity contribution is 5.91. The minimum atomic E-state index is -0.497. The molecule has 2 rings (SSSR count). The Morgan fingerprint density at radius 3 is 2.17 bits per heavy atom. The molecule has 36 heavy (non-hydrogen) atoms. The summed E-state index contributed by atoms with van der Waals surface area (Å²) in [4.78, 5) is 24.6. The summed E-state index contributed by atoms with van der Waals surface area (Å²) in [7, 11) is 1.57. The highest BCUT2D eigenvalue weighted by Gasteiger charge is 2.13. The molecule has 0 atom stereocenters. The summed E-state index contributed by atoms with van der Waals surface area (Å²) in [6, 6.07) is 11.8. The first-order valence-electron chi connectivity index (χ1n) is 13.0. The Hall–Kier alpha value is -3.35. The van der Waals surface area contributed by atoms with Crippen molar-refractivity contribution in [1.82, 2.24) is 5.43 Å². The molecule has 7 heteroatoms. The number of methoxy groups -OCH3 is 1. The van der Waals surface area contributed by atoms with Gasteiger partial charge in [-0.3, -0.25) is 4.79 Å². The third-order valence-corrected chi connectivity index (χ3v) is 5.71. The van der Waals surface area contributed by atoms with E-state index in [1.807, 2.05) is 6.92 Å². The number of rotatable bonds is 17. The molecule has 1 N–H and O–H groups in total. The van der Waals surface area contributed by atoms with Crippen LogP contribution in [0, 0.1) is 0 Å². The predicted octanol–water partition coefficient (Wildman–Crippen LogP) is 6.68. The molecule has 7 nitrogen and oxygen atoms in total. The van der Waals surface area contributed by atoms with Gasteiger partial charge in [-0.05, 0) is 61.4 Å². The van der Waals surface area contributed by atoms with E-state index < -0.39 is 5.97 Å². The first-order valence-corrected chi connectivity index (χ1v) is 13.0. The Kier molecular flexibility index (Phi) is 13.8. The van der Waals surface area contributed by atoms with E-state index in [0.717, 1.165) is 12.8 Å². The maximum absolute atomic E-state index is 12.5. The molecule has 0 radical (unpaired) electrons. The van der Waals surface area contributed by atoms with E-state index in [-0.39, 0.29) is 5.91 Å². The summed E-state index contributed by atoms with van der Waals surface area (Å²) >= 11 is 0. The Morgan fingerprint density at radius 2 is 1.53 bits per heavy atom. The lowest BCUT2D eigenvalue weighted by Crippen LogP contribution is -2.16. The lowest BCUT2D eigenvalue weighted by atomic mass is 10.1. The second kappa shape index (κ2) is 17.1. The maximum atomic E-state index is 12.5. The van der Waals surface area contributed by atoms with Gasteiger partial charge in [-0.2, -0.15) is 5.10 Å². The molecule has 0 spiro atoms. The summed E-state index contributed by atoms with van der Waals surface area (Å²) in [5.74, 6) is 0.798. The highest BCUT2D eigenvalue weighted by Crippen LogP contribution is 2.29. The lowest BCUT2D eigenvalue weighted by Gasteiger charge is -2.11. The molecule has 0 fully saturated rings. The van der Waals surface area contributed by atoms with Crippen LogP contribution < -0.4 is 19.6 Å². The summed E-state index contributed by atoms with van der Waals surface area (Å²) in [6.45, 7) is 4.49. The molecule has 1 amide bonds. The van der Waals surface area contributed by atoms with Crippen LogP contribution in [0.4, 0.5) is 0 Å². The van der Waals surface area contributed by atoms with Crippen molar-refractivity contribution in [3.8, 4) is 17.2 Å². The van der Waals surface area contributed by atoms with E-state index in [4.69, 9.17) is 14.2 Å². The average Bonchev–Trinajstić information content (AvgIpc) is 2.89. The summed E-state index contributed by atoms with van der Waals surface area (Å²) < 4.78 is 16.3. The molecule has 0 heterocycles. The molecule has 0 aliphatic heterocycles. The first-order chi connectivity index (χ1) is 17.6. The lowest BCUT2D eigenvalue weighted by molar-refractivity contribution is -0.121. The Bertz CT molecular complexity index is 957. The molecule has 0 saturated heterocycles. The number of nitrogens with zero attached hydrogens (tertiary/aromatic N) is 1. The van der Waals surface area contributed by atoms with Crippen LogP contribution in [0.3, 0.4) is 0 Å². The molecular weight excluding hydrogens is 456 g/mol. The number of hydrogen-bond acceptors (Lipinski definition) is 6. The van der Waals surface area contributed by atoms with E-state index in [1.54, 1.807) is 55.8 Å². The third kappa shape index (κ3) is 10.9. The molecule has 0 aliphatic rings. The van der Waals surface area contributed by atoms with E-state index >= 15 is 0 Å². The number of hydrogen-bond donors (Lipinski definition) is 1. The second-order valence-electron chi connectivity index (χ2n) is 8.63. The van der Waals surface area contributed by atoms with Crippen LogP contribution >= 0.6 is 0 Å². The normalized spacial score (nSPS) is 10.9. The zero-order valence-electron chi connectivity index (χ0n) is 21.9. The Balaban J connectivity index is 1.79. The average molecular weight is 497 g/mol. The molecule has 0 saturated carbocycles. The van der Waals surface area contributed by atoms with Crippen LogP contribution in [0.25, 0.3) is 0 Å². The van der Waals surface area contributed by atoms with Crippen LogP contribution in [-0.2, 0) is 4.79 Å². The zero-order valence-corrected chi connectivity index (χ0v) is 21.9. The largest absolute Gasteiger partial charge is 0.497 e. The van der Waals surface area contributed by atoms with Crippen molar-refractivity contribution in [3.63, 3.8) is 0 Å². The number of ether oxygens (including phenoxy) is 3. The molecule has 0 aromatic heterocycles. The van der Waals surface area contributed by atoms with Crippen molar-refractivity contribution >= 4 is 18.1 Å². The van der Waals surface area contributed by atoms with E-state index in [2.05, 4.69) is 17.5 Å². The third-order valence-electron chi connectivity index (χ3n) is 5.71. The Morgan fingerprint density at radius 1 is 0.861 bits per heavy atom. The fraction of sp³-hybridized carbons (Fsp3) is 0.483. The van der Waals surface area contributed by atoms with Gasteiger partial charge in [0.2, 0.25) is 5.91 Å². The molecule has 2 aromatic rings. The quantitative estimate of drug-likeness (QED) is 0.0867. The molecule has 0 bridgehead atoms. The van der Waals surface area contributed by atoms with Crippen LogP contribution in [0.15, 0.2) is 47.6 Å². The van der Waals surface area contributed by atoms with Crippen molar-refractivity contribution < 1.29 is 23.8 Å². The van der Waals surface area contributed by atoms with Gasteiger partial charge < -0.3 is 14.2 Å². The van der Waals surface area contributed by atoms with Gasteiger partial charge in [0.15, 0.2) is 11.5 Å². The van der Waals surface area contributed by atoms with Crippen molar-refractivity contribution in [2.45, 2.75) is 78.1 Å². The predicted molar refractivity (Wildman–Crippen MR) is 143 cm³/mol. The smallest absolute Gasteiger partial charge is 0.343 e. The number of hydrazone groups is 1. The van der Waals surface area contributed by atoms with Crippen LogP contribution in [0.1, 0.15) is 94.0 Å². The SMILES string of the molecule is CCCCCCCCCCCC(=O)N/N=C\c1ccc(OC(=O)c2ccc(OC)cc2)c(OCC)c1. The zero-order chi connectivity index (χ0) is 26.0. The van der Waals surface area contributed by atoms with Crippen LogP contribution in [0.5, 0.6) is 17.2 Å². The molecule has 0 unspecified atom stereocenters. The fourth-order valence-corrected chi connectivity index (χ4v) is 3.67. The van der Waals surface area contributed by atoms with Gasteiger partial charge >= 0.3 is 5.97 Å². The van der Waals surface area contributed by atoms with Gasteiger partial charge in [0.25, 0.3) is 0 Å². The standard InChI is InChI=1S/C29H40N2O5/c1-4-6-7-8-9-10-11-12-13-14-28(32)31-30-22-23-15-20-26(27(21-23)35-5-2)36-29(33)24-16-18-25(34-3)19-17-24/h15-22H,4-14H2,1-3H3,(H,31,32)/b30-22-. The number of esters is 1. The molecule has 196 valence electrons. The summed E-state index contributed by atoms with van der Waals surface area (Å²) in [6.07, 6.45) is 12.9. The molecule has 2 aromatic carbocycles. The van der Waals surface area contributed by atoms with Crippen LogP contribution in [0.2, 0.25) is 0 Å². The van der Waals surface area contributed by atoms with Crippen molar-refractivity contribution in [2.24, 2.45) is 5.10 Å². The summed E-state index contributed by atoms with van der Waals surface area (Å²) in [5.41, 5.74) is 3.70. The monoisotopic (exact) mass is 496 g/mol. The van der Waals surface area contributed by atoms with Crippen molar-refractivity contribution in [3.05, 3.63) is 53.6 Å². The molecular formula is C29H40N2O5. The van der Waals surface area contributed by atoms with Gasteiger partial charge in [0.1, 0.15) is 5.75 Å². The van der Waals surface area contributed by atoms with Gasteiger partial charge in [0, 0.05) is 6.42 Å². The number of benzene rings is 2. The summed E-state index contributed by atoms with van der Waals surface area (Å²) in [5, 5.41) is 4.05. The van der Waals surface area contributed by atoms with Crippen molar-refractivity contribution in [2.75, 3.05) is 13.7 Å². The fourth-order valence-electron chi connectivity index (χ4n) is 3.67. The number of unbranched alkanes of at least 4 members (excludes halogenated alkanes) is 8. The maximum Gasteiger partial charge on any atom is 0.343 e. The van der Waals surface area contributed by atoms with Gasteiger partial charge in [-0.15, -0.1) is 0 Å². The highest BCUT2D eigenvalue weighted by atomic mass is 16.6. The van der Waals surface area contributed by atoms with Gasteiger partial charge in [-0.1, -0.05) is 58.3 Å². The van der Waals surface area contributed by atoms with E-state index in [1.165, 1.54) is 44.9 Å². The molecule has 0 aliphatic carbocycles. The van der Waals surface area contributed by atoms with Gasteiger partial charge in [0.05, 0.1) is 25.5 Å². The topological polar surface area (TPSA) is 86.2 Å². The minimum Gasteiger partial charge on any atom is -0.497 e. The van der Waals surface area contributed by atoms with E-state index in [0.29, 0.717) is 41.4 Å². The van der Waals surface area contributed by atoms with Gasteiger partial charge in [-0.25, -0.2) is 10.2 Å². The number of nitrogens with one attached hydrogen (secondary N) is 1. The Labute approximate surface area is 215 Å². The number of amides is 1.